The van der Waals surface area contributed by atoms with Crippen LogP contribution in [0.3, 0.4) is 0 Å². The number of aliphatic hydroxyl groups excluding tert-OH is 1. The lowest BCUT2D eigenvalue weighted by Gasteiger charge is -2.37. The number of benzene rings is 1. The molecule has 0 aromatic heterocycles. The summed E-state index contributed by atoms with van der Waals surface area (Å²) >= 11 is 0. The Kier molecular flexibility index (Phi) is 7.37. The Labute approximate surface area is 201 Å². The maximum absolute atomic E-state index is 12.6. The fourth-order valence-corrected chi connectivity index (χ4v) is 5.70. The van der Waals surface area contributed by atoms with Gasteiger partial charge in [-0.25, -0.2) is 0 Å². The van der Waals surface area contributed by atoms with Crippen molar-refractivity contribution in [3.63, 3.8) is 0 Å². The van der Waals surface area contributed by atoms with Crippen molar-refractivity contribution in [3.05, 3.63) is 23.8 Å². The summed E-state index contributed by atoms with van der Waals surface area (Å²) in [5.41, 5.74) is 1.80. The Morgan fingerprint density at radius 1 is 1.12 bits per heavy atom. The first-order valence-corrected chi connectivity index (χ1v) is 13.0. The molecule has 8 heteroatoms. The van der Waals surface area contributed by atoms with E-state index in [1.165, 1.54) is 19.3 Å². The van der Waals surface area contributed by atoms with Gasteiger partial charge < -0.3 is 30.1 Å². The molecule has 5 rings (SSSR count). The molecule has 3 fully saturated rings. The number of piperidine rings is 1. The number of carbonyl (C=O) groups excluding carboxylic acids is 2. The van der Waals surface area contributed by atoms with E-state index in [9.17, 15) is 14.7 Å². The van der Waals surface area contributed by atoms with Crippen molar-refractivity contribution in [2.24, 2.45) is 5.92 Å². The van der Waals surface area contributed by atoms with Crippen molar-refractivity contribution in [2.45, 2.75) is 75.6 Å². The first kappa shape index (κ1) is 23.6. The number of likely N-dealkylation sites (tertiary alicyclic amines) is 1. The average molecular weight is 472 g/mol. The van der Waals surface area contributed by atoms with Crippen molar-refractivity contribution in [1.29, 1.82) is 0 Å². The van der Waals surface area contributed by atoms with Crippen LogP contribution in [0.15, 0.2) is 18.2 Å². The molecule has 0 unspecified atom stereocenters. The highest BCUT2D eigenvalue weighted by Gasteiger charge is 2.46. The van der Waals surface area contributed by atoms with Gasteiger partial charge in [0.05, 0.1) is 19.1 Å². The van der Waals surface area contributed by atoms with E-state index < -0.39 is 6.10 Å². The van der Waals surface area contributed by atoms with Gasteiger partial charge in [0.1, 0.15) is 18.0 Å². The quantitative estimate of drug-likeness (QED) is 0.539. The second-order valence-corrected chi connectivity index (χ2v) is 10.2. The predicted octanol–water partition coefficient (Wildman–Crippen LogP) is 2.41. The van der Waals surface area contributed by atoms with Gasteiger partial charge in [0.2, 0.25) is 11.8 Å². The SMILES string of the molecule is O=C(C[C@H]1C[C@H]2c3cc(NC(=O)C4CCC4)ccc3O[C@H]2[C@H](CO)O1)NCCN1CCCCC1. The number of amides is 2. The van der Waals surface area contributed by atoms with E-state index in [0.717, 1.165) is 55.9 Å². The van der Waals surface area contributed by atoms with E-state index in [1.54, 1.807) is 0 Å². The van der Waals surface area contributed by atoms with Crippen molar-refractivity contribution < 1.29 is 24.2 Å². The fraction of sp³-hybridized carbons (Fsp3) is 0.692. The summed E-state index contributed by atoms with van der Waals surface area (Å²) in [6.07, 6.45) is 6.70. The summed E-state index contributed by atoms with van der Waals surface area (Å²) in [4.78, 5) is 27.4. The molecule has 1 aliphatic carbocycles. The number of rotatable bonds is 8. The molecule has 34 heavy (non-hydrogen) atoms. The first-order chi connectivity index (χ1) is 16.6. The second kappa shape index (κ2) is 10.6. The minimum atomic E-state index is -0.481. The highest BCUT2D eigenvalue weighted by Crippen LogP contribution is 2.47. The van der Waals surface area contributed by atoms with E-state index >= 15 is 0 Å². The molecule has 0 spiro atoms. The number of nitrogens with one attached hydrogen (secondary N) is 2. The van der Waals surface area contributed by atoms with Crippen molar-refractivity contribution in [3.8, 4) is 5.75 Å². The molecule has 4 aliphatic rings. The number of carbonyl (C=O) groups is 2. The van der Waals surface area contributed by atoms with Crippen LogP contribution in [0.5, 0.6) is 5.75 Å². The Bertz CT molecular complexity index is 883. The lowest BCUT2D eigenvalue weighted by molar-refractivity contribution is -0.142. The van der Waals surface area contributed by atoms with Crippen molar-refractivity contribution in [1.82, 2.24) is 10.2 Å². The highest BCUT2D eigenvalue weighted by atomic mass is 16.6. The summed E-state index contributed by atoms with van der Waals surface area (Å²) in [6.45, 7) is 3.61. The monoisotopic (exact) mass is 471 g/mol. The summed E-state index contributed by atoms with van der Waals surface area (Å²) < 4.78 is 12.2. The van der Waals surface area contributed by atoms with Crippen LogP contribution in [-0.2, 0) is 14.3 Å². The van der Waals surface area contributed by atoms with Crippen molar-refractivity contribution in [2.75, 3.05) is 38.1 Å². The minimum Gasteiger partial charge on any atom is -0.487 e. The van der Waals surface area contributed by atoms with Crippen molar-refractivity contribution >= 4 is 17.5 Å². The maximum atomic E-state index is 12.6. The number of nitrogens with zero attached hydrogens (tertiary/aromatic N) is 1. The largest absolute Gasteiger partial charge is 0.487 e. The van der Waals surface area contributed by atoms with Crippen LogP contribution >= 0.6 is 0 Å². The number of ether oxygens (including phenoxy) is 2. The molecule has 4 atom stereocenters. The van der Waals surface area contributed by atoms with Crippen LogP contribution in [0.1, 0.15) is 62.8 Å². The highest BCUT2D eigenvalue weighted by molar-refractivity contribution is 5.93. The van der Waals surface area contributed by atoms with Crippen LogP contribution in [0.2, 0.25) is 0 Å². The third-order valence-electron chi connectivity index (χ3n) is 7.85. The number of hydrogen-bond acceptors (Lipinski definition) is 6. The Hall–Kier alpha value is -2.16. The lowest BCUT2D eigenvalue weighted by atomic mass is 9.83. The van der Waals surface area contributed by atoms with E-state index in [0.29, 0.717) is 13.0 Å². The molecule has 8 nitrogen and oxygen atoms in total. The molecule has 0 radical (unpaired) electrons. The van der Waals surface area contributed by atoms with Gasteiger partial charge in [0, 0.05) is 36.2 Å². The van der Waals surface area contributed by atoms with Crippen LogP contribution < -0.4 is 15.4 Å². The van der Waals surface area contributed by atoms with E-state index in [4.69, 9.17) is 9.47 Å². The molecule has 3 N–H and O–H groups in total. The van der Waals surface area contributed by atoms with Crippen LogP contribution in [0.4, 0.5) is 5.69 Å². The zero-order valence-corrected chi connectivity index (χ0v) is 19.8. The predicted molar refractivity (Wildman–Crippen MR) is 128 cm³/mol. The Balaban J connectivity index is 1.18. The van der Waals surface area contributed by atoms with Gasteiger partial charge >= 0.3 is 0 Å². The van der Waals surface area contributed by atoms with Gasteiger partial charge in [-0.3, -0.25) is 9.59 Å². The van der Waals surface area contributed by atoms with Gasteiger partial charge in [0.15, 0.2) is 0 Å². The molecule has 2 amide bonds. The van der Waals surface area contributed by atoms with Crippen LogP contribution in [-0.4, -0.2) is 72.9 Å². The van der Waals surface area contributed by atoms with E-state index in [1.807, 2.05) is 18.2 Å². The molecule has 2 saturated heterocycles. The molecule has 0 bridgehead atoms. The first-order valence-electron chi connectivity index (χ1n) is 13.0. The number of fused-ring (bicyclic) bond motifs is 3. The maximum Gasteiger partial charge on any atom is 0.227 e. The lowest BCUT2D eigenvalue weighted by Crippen LogP contribution is -2.47. The average Bonchev–Trinajstić information content (AvgIpc) is 3.16. The Morgan fingerprint density at radius 2 is 1.94 bits per heavy atom. The number of aliphatic hydroxyl groups is 1. The van der Waals surface area contributed by atoms with Gasteiger partial charge in [-0.2, -0.15) is 0 Å². The van der Waals surface area contributed by atoms with Gasteiger partial charge in [0.25, 0.3) is 0 Å². The van der Waals surface area contributed by atoms with Crippen LogP contribution in [0, 0.1) is 5.92 Å². The Morgan fingerprint density at radius 3 is 2.68 bits per heavy atom. The molecule has 186 valence electrons. The smallest absolute Gasteiger partial charge is 0.227 e. The summed E-state index contributed by atoms with van der Waals surface area (Å²) in [5.74, 6) is 0.980. The molecule has 1 aromatic carbocycles. The van der Waals surface area contributed by atoms with Gasteiger partial charge in [-0.05, 0) is 63.4 Å². The third-order valence-corrected chi connectivity index (χ3v) is 7.85. The zero-order valence-electron chi connectivity index (χ0n) is 19.8. The topological polar surface area (TPSA) is 100 Å². The molecule has 3 aliphatic heterocycles. The van der Waals surface area contributed by atoms with Gasteiger partial charge in [-0.1, -0.05) is 12.8 Å². The summed E-state index contributed by atoms with van der Waals surface area (Å²) in [6, 6.07) is 5.75. The van der Waals surface area contributed by atoms with E-state index in [-0.39, 0.29) is 48.9 Å². The zero-order chi connectivity index (χ0) is 23.5. The molecular weight excluding hydrogens is 434 g/mol. The molecule has 1 saturated carbocycles. The molecule has 1 aromatic rings. The molecular formula is C26H37N3O5. The normalized spacial score (nSPS) is 28.9. The number of hydrogen-bond donors (Lipinski definition) is 3. The van der Waals surface area contributed by atoms with Gasteiger partial charge in [-0.15, -0.1) is 0 Å². The van der Waals surface area contributed by atoms with Crippen LogP contribution in [0.25, 0.3) is 0 Å². The molecule has 3 heterocycles. The van der Waals surface area contributed by atoms with E-state index in [2.05, 4.69) is 15.5 Å². The summed E-state index contributed by atoms with van der Waals surface area (Å²) in [5, 5.41) is 16.0. The minimum absolute atomic E-state index is 0.0159. The number of anilines is 1. The second-order valence-electron chi connectivity index (χ2n) is 10.2. The standard InChI is InChI=1S/C26H37N3O5/c30-16-23-25-21(14-19(33-23)15-24(31)27-9-12-29-10-2-1-3-11-29)20-13-18(7-8-22(20)34-25)28-26(32)17-5-4-6-17/h7-8,13,17,19,21,23,25,30H,1-6,9-12,14-16H2,(H,27,31)(H,28,32)/t19-,21+,23+,25-/m1/s1. The fourth-order valence-electron chi connectivity index (χ4n) is 5.70. The third kappa shape index (κ3) is 5.24. The summed E-state index contributed by atoms with van der Waals surface area (Å²) in [7, 11) is 0.